The molecular formula is C11H15BrN2O. The number of hydrogen-bond donors (Lipinski definition) is 0. The first-order valence-corrected chi connectivity index (χ1v) is 5.97. The van der Waals surface area contributed by atoms with Gasteiger partial charge >= 0.3 is 0 Å². The zero-order valence-corrected chi connectivity index (χ0v) is 10.6. The highest BCUT2D eigenvalue weighted by atomic mass is 79.9. The first-order valence-electron chi connectivity index (χ1n) is 5.06. The topological polar surface area (TPSA) is 33.2 Å². The lowest BCUT2D eigenvalue weighted by Gasteiger charge is -2.23. The Morgan fingerprint density at radius 2 is 2.07 bits per heavy atom. The van der Waals surface area contributed by atoms with Crippen molar-refractivity contribution in [3.8, 4) is 0 Å². The summed E-state index contributed by atoms with van der Waals surface area (Å²) < 4.78 is 0. The van der Waals surface area contributed by atoms with Gasteiger partial charge in [0.15, 0.2) is 0 Å². The summed E-state index contributed by atoms with van der Waals surface area (Å²) in [5.74, 6) is 0.103. The van der Waals surface area contributed by atoms with Gasteiger partial charge in [0.1, 0.15) is 0 Å². The summed E-state index contributed by atoms with van der Waals surface area (Å²) in [6.07, 6.45) is 4.18. The van der Waals surface area contributed by atoms with Gasteiger partial charge in [0.25, 0.3) is 0 Å². The van der Waals surface area contributed by atoms with Crippen LogP contribution in [-0.4, -0.2) is 22.3 Å². The zero-order chi connectivity index (χ0) is 11.3. The molecule has 0 bridgehead atoms. The number of aromatic nitrogens is 1. The zero-order valence-electron chi connectivity index (χ0n) is 8.98. The van der Waals surface area contributed by atoms with Gasteiger partial charge < -0.3 is 4.90 Å². The number of anilines is 1. The molecule has 82 valence electrons. The summed E-state index contributed by atoms with van der Waals surface area (Å²) in [4.78, 5) is 17.5. The predicted molar refractivity (Wildman–Crippen MR) is 65.3 cm³/mol. The average Bonchev–Trinajstić information content (AvgIpc) is 2.30. The monoisotopic (exact) mass is 270 g/mol. The van der Waals surface area contributed by atoms with Crippen LogP contribution in [0.4, 0.5) is 5.69 Å². The van der Waals surface area contributed by atoms with E-state index in [1.54, 1.807) is 17.3 Å². The largest absolute Gasteiger partial charge is 0.312 e. The Labute approximate surface area is 98.6 Å². The maximum atomic E-state index is 12.0. The summed E-state index contributed by atoms with van der Waals surface area (Å²) in [7, 11) is 0. The van der Waals surface area contributed by atoms with E-state index in [9.17, 15) is 4.79 Å². The number of nitrogens with zero attached hydrogens (tertiary/aromatic N) is 2. The van der Waals surface area contributed by atoms with Crippen molar-refractivity contribution in [1.29, 1.82) is 0 Å². The van der Waals surface area contributed by atoms with E-state index >= 15 is 0 Å². The number of pyridine rings is 1. The molecule has 4 heteroatoms. The Morgan fingerprint density at radius 1 is 1.47 bits per heavy atom. The van der Waals surface area contributed by atoms with Gasteiger partial charge in [-0.25, -0.2) is 0 Å². The number of alkyl halides is 1. The van der Waals surface area contributed by atoms with E-state index in [0.717, 1.165) is 12.1 Å². The lowest BCUT2D eigenvalue weighted by atomic mass is 10.2. The quantitative estimate of drug-likeness (QED) is 0.789. The van der Waals surface area contributed by atoms with E-state index in [2.05, 4.69) is 20.9 Å². The van der Waals surface area contributed by atoms with Crippen molar-refractivity contribution in [3.05, 3.63) is 24.5 Å². The number of halogens is 1. The second kappa shape index (κ2) is 5.85. The number of carbonyl (C=O) groups excluding carboxylic acids is 1. The minimum atomic E-state index is -0.106. The van der Waals surface area contributed by atoms with Gasteiger partial charge in [0, 0.05) is 24.6 Å². The smallest absolute Gasteiger partial charge is 0.240 e. The average molecular weight is 271 g/mol. The van der Waals surface area contributed by atoms with E-state index in [4.69, 9.17) is 0 Å². The van der Waals surface area contributed by atoms with Gasteiger partial charge in [-0.05, 0) is 25.5 Å². The van der Waals surface area contributed by atoms with Crippen LogP contribution < -0.4 is 4.90 Å². The van der Waals surface area contributed by atoms with E-state index in [-0.39, 0.29) is 10.7 Å². The highest BCUT2D eigenvalue weighted by Crippen LogP contribution is 2.17. The molecule has 1 unspecified atom stereocenters. The molecule has 1 atom stereocenters. The number of hydrogen-bond acceptors (Lipinski definition) is 2. The first-order chi connectivity index (χ1) is 7.20. The van der Waals surface area contributed by atoms with Crippen molar-refractivity contribution < 1.29 is 4.79 Å². The Morgan fingerprint density at radius 3 is 2.53 bits per heavy atom. The lowest BCUT2D eigenvalue weighted by molar-refractivity contribution is -0.118. The van der Waals surface area contributed by atoms with Crippen LogP contribution in [0.3, 0.4) is 0 Å². The summed E-state index contributed by atoms with van der Waals surface area (Å²) in [5.41, 5.74) is 0.899. The molecule has 0 radical (unpaired) electrons. The summed E-state index contributed by atoms with van der Waals surface area (Å²) >= 11 is 3.37. The fourth-order valence-corrected chi connectivity index (χ4v) is 1.58. The molecule has 15 heavy (non-hydrogen) atoms. The van der Waals surface area contributed by atoms with E-state index in [1.807, 2.05) is 26.0 Å². The van der Waals surface area contributed by atoms with Gasteiger partial charge in [-0.2, -0.15) is 0 Å². The SMILES string of the molecule is CCC(Br)C(=O)N(CC)c1ccncc1. The molecule has 3 nitrogen and oxygen atoms in total. The third kappa shape index (κ3) is 3.02. The molecule has 1 aromatic rings. The van der Waals surface area contributed by atoms with Crippen LogP contribution in [0.2, 0.25) is 0 Å². The van der Waals surface area contributed by atoms with Crippen molar-refractivity contribution in [3.63, 3.8) is 0 Å². The van der Waals surface area contributed by atoms with Crippen LogP contribution in [0.1, 0.15) is 20.3 Å². The molecule has 0 aliphatic heterocycles. The normalized spacial score (nSPS) is 12.2. The predicted octanol–water partition coefficient (Wildman–Crippen LogP) is 2.61. The molecule has 0 saturated heterocycles. The van der Waals surface area contributed by atoms with Gasteiger partial charge in [-0.1, -0.05) is 22.9 Å². The van der Waals surface area contributed by atoms with Crippen LogP contribution in [0, 0.1) is 0 Å². The van der Waals surface area contributed by atoms with Gasteiger partial charge in [-0.3, -0.25) is 9.78 Å². The van der Waals surface area contributed by atoms with E-state index in [0.29, 0.717) is 6.54 Å². The molecule has 1 amide bonds. The van der Waals surface area contributed by atoms with Crippen LogP contribution in [-0.2, 0) is 4.79 Å². The summed E-state index contributed by atoms with van der Waals surface area (Å²) in [6, 6.07) is 3.69. The second-order valence-electron chi connectivity index (χ2n) is 3.16. The molecule has 0 fully saturated rings. The Bertz CT molecular complexity index is 316. The highest BCUT2D eigenvalue weighted by molar-refractivity contribution is 9.10. The van der Waals surface area contributed by atoms with Crippen LogP contribution in [0.15, 0.2) is 24.5 Å². The van der Waals surface area contributed by atoms with Gasteiger partial charge in [0.2, 0.25) is 5.91 Å². The van der Waals surface area contributed by atoms with Crippen molar-refractivity contribution in [2.75, 3.05) is 11.4 Å². The lowest BCUT2D eigenvalue weighted by Crippen LogP contribution is -2.36. The number of rotatable bonds is 4. The minimum absolute atomic E-state index is 0.103. The molecule has 1 aromatic heterocycles. The molecule has 0 saturated carbocycles. The molecular weight excluding hydrogens is 256 g/mol. The molecule has 0 aromatic carbocycles. The molecule has 0 spiro atoms. The summed E-state index contributed by atoms with van der Waals surface area (Å²) in [5, 5.41) is 0. The van der Waals surface area contributed by atoms with Crippen molar-refractivity contribution in [1.82, 2.24) is 4.98 Å². The Balaban J connectivity index is 2.85. The Kier molecular flexibility index (Phi) is 4.75. The molecule has 0 aliphatic carbocycles. The number of amides is 1. The highest BCUT2D eigenvalue weighted by Gasteiger charge is 2.20. The van der Waals surface area contributed by atoms with Crippen molar-refractivity contribution >= 4 is 27.5 Å². The van der Waals surface area contributed by atoms with E-state index < -0.39 is 0 Å². The van der Waals surface area contributed by atoms with E-state index in [1.165, 1.54) is 0 Å². The molecule has 1 heterocycles. The maximum absolute atomic E-state index is 12.0. The maximum Gasteiger partial charge on any atom is 0.240 e. The molecule has 0 aliphatic rings. The fraction of sp³-hybridized carbons (Fsp3) is 0.455. The van der Waals surface area contributed by atoms with Crippen molar-refractivity contribution in [2.24, 2.45) is 0 Å². The second-order valence-corrected chi connectivity index (χ2v) is 4.27. The third-order valence-corrected chi connectivity index (χ3v) is 3.22. The minimum Gasteiger partial charge on any atom is -0.312 e. The molecule has 0 N–H and O–H groups in total. The summed E-state index contributed by atoms with van der Waals surface area (Å²) in [6.45, 7) is 4.62. The van der Waals surface area contributed by atoms with Crippen molar-refractivity contribution in [2.45, 2.75) is 25.1 Å². The van der Waals surface area contributed by atoms with Crippen LogP contribution in [0.5, 0.6) is 0 Å². The fourth-order valence-electron chi connectivity index (χ4n) is 1.33. The third-order valence-electron chi connectivity index (χ3n) is 2.18. The number of carbonyl (C=O) groups is 1. The first kappa shape index (κ1) is 12.2. The van der Waals surface area contributed by atoms with Crippen LogP contribution >= 0.6 is 15.9 Å². The Hall–Kier alpha value is -0.900. The molecule has 1 rings (SSSR count). The van der Waals surface area contributed by atoms with Gasteiger partial charge in [0.05, 0.1) is 4.83 Å². The van der Waals surface area contributed by atoms with Gasteiger partial charge in [-0.15, -0.1) is 0 Å². The standard InChI is InChI=1S/C11H15BrN2O/c1-3-10(12)11(15)14(4-2)9-5-7-13-8-6-9/h5-8,10H,3-4H2,1-2H3. The van der Waals surface area contributed by atoms with Crippen LogP contribution in [0.25, 0.3) is 0 Å².